The van der Waals surface area contributed by atoms with E-state index in [0.29, 0.717) is 29.8 Å². The molecule has 5 nitrogen and oxygen atoms in total. The van der Waals surface area contributed by atoms with Gasteiger partial charge in [-0.1, -0.05) is 30.3 Å². The fourth-order valence-electron chi connectivity index (χ4n) is 2.98. The summed E-state index contributed by atoms with van der Waals surface area (Å²) in [5, 5.41) is 0. The van der Waals surface area contributed by atoms with Crippen LogP contribution in [0, 0.1) is 12.8 Å². The Hall–Kier alpha value is -2.13. The summed E-state index contributed by atoms with van der Waals surface area (Å²) in [7, 11) is 0. The Balaban J connectivity index is 0.00000156. The summed E-state index contributed by atoms with van der Waals surface area (Å²) in [6.45, 7) is 3.83. The Morgan fingerprint density at radius 1 is 1.30 bits per heavy atom. The van der Waals surface area contributed by atoms with Crippen LogP contribution in [0.4, 0.5) is 0 Å². The van der Waals surface area contributed by atoms with Gasteiger partial charge in [-0.15, -0.1) is 0 Å². The van der Waals surface area contributed by atoms with Crippen molar-refractivity contribution in [2.24, 2.45) is 5.92 Å². The number of rotatable bonds is 2. The molecule has 1 atom stereocenters. The van der Waals surface area contributed by atoms with E-state index in [1.807, 2.05) is 36.4 Å². The van der Waals surface area contributed by atoms with Gasteiger partial charge in [0.15, 0.2) is 0 Å². The molecule has 0 aliphatic carbocycles. The van der Waals surface area contributed by atoms with Gasteiger partial charge in [0.25, 0.3) is 5.56 Å². The molecule has 0 unspecified atom stereocenters. The molecule has 1 aliphatic heterocycles. The third kappa shape index (κ3) is 2.55. The molecule has 23 heavy (non-hydrogen) atoms. The molecule has 0 saturated carbocycles. The van der Waals surface area contributed by atoms with Crippen LogP contribution in [0.15, 0.2) is 41.2 Å². The summed E-state index contributed by atoms with van der Waals surface area (Å²) in [5.41, 5.74) is 2.89. The van der Waals surface area contributed by atoms with Crippen LogP contribution in [-0.4, -0.2) is 20.3 Å². The molecular weight excluding hydrogens is 462 g/mol. The number of H-pyrrole nitrogens is 1. The number of hydrogen-bond acceptors (Lipinski definition) is 3. The maximum Gasteiger partial charge on any atom is 0.277 e. The van der Waals surface area contributed by atoms with Gasteiger partial charge in [0.2, 0.25) is 0 Å². The monoisotopic (exact) mass is 476 g/mol. The van der Waals surface area contributed by atoms with E-state index in [0.717, 1.165) is 11.3 Å². The third-order valence-corrected chi connectivity index (χ3v) is 4.19. The standard InChI is InChI=1S/C17H14N3O2.W/c1-10(21)12-7-15-18-14-8-13(11-5-3-2-4-6-11)19-16(14)17(22)20(15)9-12;/h2-6,8,12,19H,1,7,9H2;/q-1;/t12-;/m1./s1. The van der Waals surface area contributed by atoms with Crippen LogP contribution >= 0.6 is 0 Å². The van der Waals surface area contributed by atoms with Gasteiger partial charge in [-0.3, -0.25) is 9.36 Å². The van der Waals surface area contributed by atoms with Crippen LogP contribution in [0.25, 0.3) is 22.3 Å². The first kappa shape index (κ1) is 15.8. The van der Waals surface area contributed by atoms with Gasteiger partial charge in [0, 0.05) is 51.4 Å². The number of aromatic amines is 1. The van der Waals surface area contributed by atoms with E-state index in [2.05, 4.69) is 16.9 Å². The first-order chi connectivity index (χ1) is 10.6. The van der Waals surface area contributed by atoms with Crippen LogP contribution in [0.1, 0.15) is 5.82 Å². The smallest absolute Gasteiger partial charge is 0.277 e. The predicted molar refractivity (Wildman–Crippen MR) is 83.3 cm³/mol. The Kier molecular flexibility index (Phi) is 3.98. The SMILES string of the molecule is [CH2-]C(=O)[C@@H]1Cc2nc3cc(-c4ccccc4)[nH]c3c(=O)n2C1.[W]. The van der Waals surface area contributed by atoms with Gasteiger partial charge in [-0.05, 0) is 11.6 Å². The topological polar surface area (TPSA) is 67.8 Å². The molecule has 1 N–H and O–H groups in total. The molecule has 0 amide bonds. The van der Waals surface area contributed by atoms with Gasteiger partial charge in [-0.2, -0.15) is 0 Å². The normalized spacial score (nSPS) is 16.1. The van der Waals surface area contributed by atoms with Crippen LogP contribution in [0.2, 0.25) is 0 Å². The second kappa shape index (κ2) is 5.82. The maximum atomic E-state index is 12.6. The molecule has 0 saturated heterocycles. The van der Waals surface area contributed by atoms with E-state index in [1.54, 1.807) is 4.57 Å². The molecule has 0 spiro atoms. The number of hydrogen-bond donors (Lipinski definition) is 1. The van der Waals surface area contributed by atoms with E-state index in [-0.39, 0.29) is 38.3 Å². The van der Waals surface area contributed by atoms with Crippen molar-refractivity contribution in [2.75, 3.05) is 0 Å². The van der Waals surface area contributed by atoms with Crippen molar-refractivity contribution < 1.29 is 25.9 Å². The number of aromatic nitrogens is 3. The molecule has 6 heteroatoms. The van der Waals surface area contributed by atoms with Crippen molar-refractivity contribution in [3.05, 3.63) is 59.5 Å². The second-order valence-electron chi connectivity index (χ2n) is 5.62. The van der Waals surface area contributed by atoms with E-state index in [9.17, 15) is 9.59 Å². The number of carbonyl (C=O) groups is 1. The molecule has 3 aromatic rings. The molecule has 4 rings (SSSR count). The third-order valence-electron chi connectivity index (χ3n) is 4.19. The van der Waals surface area contributed by atoms with Crippen LogP contribution in [-0.2, 0) is 38.8 Å². The van der Waals surface area contributed by atoms with Gasteiger partial charge >= 0.3 is 0 Å². The van der Waals surface area contributed by atoms with Gasteiger partial charge in [0.05, 0.1) is 5.52 Å². The summed E-state index contributed by atoms with van der Waals surface area (Å²) in [6, 6.07) is 11.7. The van der Waals surface area contributed by atoms with Crippen molar-refractivity contribution in [2.45, 2.75) is 13.0 Å². The molecule has 0 radical (unpaired) electrons. The maximum absolute atomic E-state index is 12.6. The minimum atomic E-state index is -0.236. The van der Waals surface area contributed by atoms with Crippen LogP contribution in [0.3, 0.4) is 0 Å². The number of nitrogens with one attached hydrogen (secondary N) is 1. The van der Waals surface area contributed by atoms with E-state index < -0.39 is 0 Å². The van der Waals surface area contributed by atoms with Crippen molar-refractivity contribution in [3.8, 4) is 11.3 Å². The van der Waals surface area contributed by atoms with Crippen LogP contribution in [0.5, 0.6) is 0 Å². The number of carbonyl (C=O) groups excluding carboxylic acids is 1. The van der Waals surface area contributed by atoms with Crippen molar-refractivity contribution in [1.82, 2.24) is 14.5 Å². The molecule has 0 fully saturated rings. The summed E-state index contributed by atoms with van der Waals surface area (Å²) in [4.78, 5) is 31.7. The number of ketones is 1. The first-order valence-electron chi connectivity index (χ1n) is 7.17. The fraction of sp³-hybridized carbons (Fsp3) is 0.176. The summed E-state index contributed by atoms with van der Waals surface area (Å²) >= 11 is 0. The quantitative estimate of drug-likeness (QED) is 0.576. The summed E-state index contributed by atoms with van der Waals surface area (Å²) in [6.07, 6.45) is 0.485. The Morgan fingerprint density at radius 3 is 2.74 bits per heavy atom. The van der Waals surface area contributed by atoms with E-state index >= 15 is 0 Å². The number of benzene rings is 1. The zero-order chi connectivity index (χ0) is 15.3. The fourth-order valence-corrected chi connectivity index (χ4v) is 2.98. The largest absolute Gasteiger partial charge is 0.349 e. The van der Waals surface area contributed by atoms with E-state index in [4.69, 9.17) is 0 Å². The average Bonchev–Trinajstić information content (AvgIpc) is 3.13. The molecule has 1 aliphatic rings. The van der Waals surface area contributed by atoms with Gasteiger partial charge < -0.3 is 16.7 Å². The van der Waals surface area contributed by atoms with Gasteiger partial charge in [-0.25, -0.2) is 4.98 Å². The van der Waals surface area contributed by atoms with Crippen LogP contribution < -0.4 is 5.56 Å². The molecule has 2 aromatic heterocycles. The Morgan fingerprint density at radius 2 is 2.04 bits per heavy atom. The predicted octanol–water partition coefficient (Wildman–Crippen LogP) is 1.96. The van der Waals surface area contributed by atoms with Crippen molar-refractivity contribution >= 4 is 16.8 Å². The Bertz CT molecular complexity index is 944. The second-order valence-corrected chi connectivity index (χ2v) is 5.62. The first-order valence-corrected chi connectivity index (χ1v) is 7.17. The number of Topliss-reactive ketones (excluding diaryl/α,β-unsaturated/α-hetero) is 1. The minimum Gasteiger partial charge on any atom is -0.349 e. The van der Waals surface area contributed by atoms with Crippen molar-refractivity contribution in [1.29, 1.82) is 0 Å². The molecule has 3 heterocycles. The molecule has 116 valence electrons. The average molecular weight is 476 g/mol. The van der Waals surface area contributed by atoms with E-state index in [1.165, 1.54) is 0 Å². The molecule has 1 aromatic carbocycles. The number of nitrogens with zero attached hydrogens (tertiary/aromatic N) is 2. The summed E-state index contributed by atoms with van der Waals surface area (Å²) < 4.78 is 1.58. The summed E-state index contributed by atoms with van der Waals surface area (Å²) in [5.74, 6) is 0.289. The Labute approximate surface area is 147 Å². The molecular formula is C17H14N3O2W-. The molecule has 0 bridgehead atoms. The minimum absolute atomic E-state index is 0. The van der Waals surface area contributed by atoms with Gasteiger partial charge in [0.1, 0.15) is 11.3 Å². The zero-order valence-corrected chi connectivity index (χ0v) is 15.2. The van der Waals surface area contributed by atoms with Crippen molar-refractivity contribution in [3.63, 3.8) is 0 Å². The zero-order valence-electron chi connectivity index (χ0n) is 12.3. The number of fused-ring (bicyclic) bond motifs is 2.